The quantitative estimate of drug-likeness (QED) is 0.558. The van der Waals surface area contributed by atoms with Crippen molar-refractivity contribution >= 4 is 11.0 Å². The van der Waals surface area contributed by atoms with Crippen molar-refractivity contribution in [1.29, 1.82) is 0 Å². The minimum atomic E-state index is -4.64. The molecule has 0 aliphatic rings. The van der Waals surface area contributed by atoms with Gasteiger partial charge in [-0.25, -0.2) is 4.79 Å². The predicted molar refractivity (Wildman–Crippen MR) is 96.7 cm³/mol. The summed E-state index contributed by atoms with van der Waals surface area (Å²) in [6.07, 6.45) is -3.55. The number of H-pyrrole nitrogens is 1. The van der Waals surface area contributed by atoms with Gasteiger partial charge in [-0.15, -0.1) is 0 Å². The number of aryl methyl sites for hydroxylation is 3. The third-order valence-electron chi connectivity index (χ3n) is 4.68. The Labute approximate surface area is 156 Å². The number of benzene rings is 1. The molecule has 0 fully saturated rings. The van der Waals surface area contributed by atoms with E-state index in [2.05, 4.69) is 15.1 Å². The highest BCUT2D eigenvalue weighted by Gasteiger charge is 2.36. The van der Waals surface area contributed by atoms with Gasteiger partial charge >= 0.3 is 11.9 Å². The topological polar surface area (TPSA) is 76.7 Å². The molecule has 0 bridgehead atoms. The van der Waals surface area contributed by atoms with Gasteiger partial charge in [0, 0.05) is 29.9 Å². The molecule has 4 aromatic rings. The molecule has 6 nitrogen and oxygen atoms in total. The zero-order chi connectivity index (χ0) is 20.2. The molecule has 144 valence electrons. The van der Waals surface area contributed by atoms with E-state index < -0.39 is 17.6 Å². The molecule has 0 saturated heterocycles. The number of hydrogen-bond acceptors (Lipinski definition) is 4. The number of alkyl halides is 3. The molecule has 1 N–H and O–H groups in total. The first-order valence-corrected chi connectivity index (χ1v) is 8.37. The fraction of sp³-hybridized carbons (Fsp3) is 0.211. The van der Waals surface area contributed by atoms with Gasteiger partial charge in [0.2, 0.25) is 0 Å². The first-order chi connectivity index (χ1) is 13.2. The summed E-state index contributed by atoms with van der Waals surface area (Å²) in [7, 11) is 1.50. The van der Waals surface area contributed by atoms with Crippen molar-refractivity contribution in [3.63, 3.8) is 0 Å². The summed E-state index contributed by atoms with van der Waals surface area (Å²) in [5.74, 6) is 0.531. The van der Waals surface area contributed by atoms with E-state index in [0.29, 0.717) is 33.6 Å². The molecule has 0 atom stereocenters. The number of nitrogens with zero attached hydrogens (tertiary/aromatic N) is 3. The fourth-order valence-corrected chi connectivity index (χ4v) is 3.49. The second-order valence-corrected chi connectivity index (χ2v) is 6.51. The first kappa shape index (κ1) is 18.0. The van der Waals surface area contributed by atoms with Gasteiger partial charge in [-0.3, -0.25) is 9.55 Å². The van der Waals surface area contributed by atoms with E-state index in [1.807, 2.05) is 0 Å². The van der Waals surface area contributed by atoms with Crippen molar-refractivity contribution in [1.82, 2.24) is 19.7 Å². The summed E-state index contributed by atoms with van der Waals surface area (Å²) >= 11 is 0. The van der Waals surface area contributed by atoms with Crippen molar-refractivity contribution in [2.24, 2.45) is 7.05 Å². The van der Waals surface area contributed by atoms with Crippen molar-refractivity contribution in [3.8, 4) is 22.3 Å². The van der Waals surface area contributed by atoms with Gasteiger partial charge in [0.25, 0.3) is 0 Å². The predicted octanol–water partition coefficient (Wildman–Crippen LogP) is 4.22. The highest BCUT2D eigenvalue weighted by molar-refractivity contribution is 5.97. The molecule has 3 heterocycles. The monoisotopic (exact) mass is 388 g/mol. The third kappa shape index (κ3) is 2.70. The van der Waals surface area contributed by atoms with Crippen LogP contribution in [0, 0.1) is 13.8 Å². The van der Waals surface area contributed by atoms with Gasteiger partial charge in [-0.05, 0) is 37.6 Å². The smallest absolute Gasteiger partial charge is 0.361 e. The maximum absolute atomic E-state index is 13.6. The average Bonchev–Trinajstić information content (AvgIpc) is 3.12. The van der Waals surface area contributed by atoms with Crippen LogP contribution >= 0.6 is 0 Å². The molecule has 0 aliphatic carbocycles. The molecule has 9 heteroatoms. The summed E-state index contributed by atoms with van der Waals surface area (Å²) in [5, 5.41) is 3.91. The van der Waals surface area contributed by atoms with E-state index in [4.69, 9.17) is 4.52 Å². The van der Waals surface area contributed by atoms with Gasteiger partial charge in [0.15, 0.2) is 5.69 Å². The average molecular weight is 388 g/mol. The molecule has 4 rings (SSSR count). The molecule has 0 spiro atoms. The Morgan fingerprint density at radius 2 is 1.93 bits per heavy atom. The molecule has 0 saturated carbocycles. The van der Waals surface area contributed by atoms with Crippen LogP contribution in [0.25, 0.3) is 33.3 Å². The minimum Gasteiger partial charge on any atom is -0.361 e. The first-order valence-electron chi connectivity index (χ1n) is 8.37. The SMILES string of the molecule is Cc1noc(C)c1-c1cc(-c2cccnc2C(F)(F)F)c2c(c1)[nH]c(=O)n2C. The van der Waals surface area contributed by atoms with Gasteiger partial charge < -0.3 is 9.51 Å². The lowest BCUT2D eigenvalue weighted by atomic mass is 9.95. The Hall–Kier alpha value is -3.36. The molecule has 3 aromatic heterocycles. The third-order valence-corrected chi connectivity index (χ3v) is 4.68. The number of imidazole rings is 1. The minimum absolute atomic E-state index is 0.108. The highest BCUT2D eigenvalue weighted by atomic mass is 19.4. The zero-order valence-electron chi connectivity index (χ0n) is 15.2. The number of aromatic amines is 1. The molecule has 0 radical (unpaired) electrons. The molecule has 1 aromatic carbocycles. The normalized spacial score (nSPS) is 12.1. The van der Waals surface area contributed by atoms with Gasteiger partial charge in [0.05, 0.1) is 16.7 Å². The Morgan fingerprint density at radius 3 is 2.57 bits per heavy atom. The van der Waals surface area contributed by atoms with Crippen LogP contribution in [0.2, 0.25) is 0 Å². The van der Waals surface area contributed by atoms with Crippen LogP contribution in [0.15, 0.2) is 39.8 Å². The maximum Gasteiger partial charge on any atom is 0.433 e. The fourth-order valence-electron chi connectivity index (χ4n) is 3.49. The highest BCUT2D eigenvalue weighted by Crippen LogP contribution is 2.40. The number of halogens is 3. The maximum atomic E-state index is 13.6. The number of nitrogens with one attached hydrogen (secondary N) is 1. The van der Waals surface area contributed by atoms with E-state index in [1.165, 1.54) is 23.7 Å². The van der Waals surface area contributed by atoms with Crippen LogP contribution in [-0.4, -0.2) is 19.7 Å². The lowest BCUT2D eigenvalue weighted by molar-refractivity contribution is -0.140. The standard InChI is InChI=1S/C19H15F3N4O2/c1-9-15(10(2)28-25-9)11-7-13(16-14(8-11)24-18(27)26(16)3)12-5-4-6-23-17(12)19(20,21)22/h4-8H,1-3H3,(H,24,27). The van der Waals surface area contributed by atoms with E-state index >= 15 is 0 Å². The van der Waals surface area contributed by atoms with Crippen LogP contribution in [0.1, 0.15) is 17.1 Å². The van der Waals surface area contributed by atoms with Crippen LogP contribution in [-0.2, 0) is 13.2 Å². The number of fused-ring (bicyclic) bond motifs is 1. The second kappa shape index (κ2) is 6.08. The van der Waals surface area contributed by atoms with Crippen LogP contribution in [0.4, 0.5) is 13.2 Å². The van der Waals surface area contributed by atoms with Crippen LogP contribution in [0.3, 0.4) is 0 Å². The second-order valence-electron chi connectivity index (χ2n) is 6.51. The van der Waals surface area contributed by atoms with Crippen molar-refractivity contribution in [2.75, 3.05) is 0 Å². The van der Waals surface area contributed by atoms with Gasteiger partial charge in [0.1, 0.15) is 5.76 Å². The van der Waals surface area contributed by atoms with E-state index in [0.717, 1.165) is 6.20 Å². The largest absolute Gasteiger partial charge is 0.433 e. The molecular weight excluding hydrogens is 373 g/mol. The van der Waals surface area contributed by atoms with E-state index in [1.54, 1.807) is 26.0 Å². The Balaban J connectivity index is 2.13. The van der Waals surface area contributed by atoms with E-state index in [9.17, 15) is 18.0 Å². The summed E-state index contributed by atoms with van der Waals surface area (Å²) in [4.78, 5) is 18.4. The van der Waals surface area contributed by atoms with Crippen molar-refractivity contribution in [3.05, 3.63) is 58.1 Å². The van der Waals surface area contributed by atoms with Crippen LogP contribution < -0.4 is 5.69 Å². The summed E-state index contributed by atoms with van der Waals surface area (Å²) in [5.41, 5.74) is 1.34. The lowest BCUT2D eigenvalue weighted by Crippen LogP contribution is -2.13. The number of aromatic nitrogens is 4. The van der Waals surface area contributed by atoms with Crippen LogP contribution in [0.5, 0.6) is 0 Å². The summed E-state index contributed by atoms with van der Waals surface area (Å²) < 4.78 is 47.2. The zero-order valence-corrected chi connectivity index (χ0v) is 15.2. The molecular formula is C19H15F3N4O2. The summed E-state index contributed by atoms with van der Waals surface area (Å²) in [6.45, 7) is 3.47. The van der Waals surface area contributed by atoms with Crippen molar-refractivity contribution < 1.29 is 17.7 Å². The number of rotatable bonds is 2. The lowest BCUT2D eigenvalue weighted by Gasteiger charge is -2.14. The summed E-state index contributed by atoms with van der Waals surface area (Å²) in [6, 6.07) is 6.09. The molecule has 28 heavy (non-hydrogen) atoms. The Morgan fingerprint density at radius 1 is 1.18 bits per heavy atom. The van der Waals surface area contributed by atoms with E-state index in [-0.39, 0.29) is 11.1 Å². The van der Waals surface area contributed by atoms with Gasteiger partial charge in [-0.2, -0.15) is 13.2 Å². The molecule has 0 aliphatic heterocycles. The molecule has 0 amide bonds. The van der Waals surface area contributed by atoms with Gasteiger partial charge in [-0.1, -0.05) is 11.2 Å². The number of pyridine rings is 1. The number of hydrogen-bond donors (Lipinski definition) is 1. The van der Waals surface area contributed by atoms with Crippen molar-refractivity contribution in [2.45, 2.75) is 20.0 Å². The Bertz CT molecular complexity index is 1250. The molecule has 0 unspecified atom stereocenters. The Kier molecular flexibility index (Phi) is 3.91.